The minimum Gasteiger partial charge on any atom is -0.462 e. The number of carbonyl (C=O) groups is 1. The lowest BCUT2D eigenvalue weighted by Crippen LogP contribution is -2.48. The fraction of sp³-hybridized carbons (Fsp3) is 0.263. The van der Waals surface area contributed by atoms with Gasteiger partial charge in [0.15, 0.2) is 10.8 Å². The van der Waals surface area contributed by atoms with E-state index in [2.05, 4.69) is 25.8 Å². The summed E-state index contributed by atoms with van der Waals surface area (Å²) in [7, 11) is 0. The number of furan rings is 1. The Morgan fingerprint density at radius 3 is 2.81 bits per heavy atom. The van der Waals surface area contributed by atoms with Crippen LogP contribution in [0.15, 0.2) is 50.9 Å². The molecule has 27 heavy (non-hydrogen) atoms. The molecule has 2 aromatic heterocycles. The second-order valence-corrected chi connectivity index (χ2v) is 8.09. The van der Waals surface area contributed by atoms with Crippen molar-refractivity contribution in [2.45, 2.75) is 6.54 Å². The smallest absolute Gasteiger partial charge is 0.256 e. The summed E-state index contributed by atoms with van der Waals surface area (Å²) in [5.41, 5.74) is 1.10. The number of halogens is 2. The summed E-state index contributed by atoms with van der Waals surface area (Å²) in [5.74, 6) is 0.0264. The number of benzene rings is 1. The van der Waals surface area contributed by atoms with E-state index < -0.39 is 5.82 Å². The Morgan fingerprint density at radius 1 is 1.26 bits per heavy atom. The van der Waals surface area contributed by atoms with Gasteiger partial charge in [0, 0.05) is 42.6 Å². The highest BCUT2D eigenvalue weighted by atomic mass is 79.9. The molecule has 4 rings (SSSR count). The Kier molecular flexibility index (Phi) is 5.38. The van der Waals surface area contributed by atoms with E-state index in [0.29, 0.717) is 17.6 Å². The summed E-state index contributed by atoms with van der Waals surface area (Å²) in [5, 5.41) is 2.90. The third-order valence-electron chi connectivity index (χ3n) is 4.49. The predicted molar refractivity (Wildman–Crippen MR) is 105 cm³/mol. The number of rotatable bonds is 4. The zero-order valence-electron chi connectivity index (χ0n) is 14.4. The standard InChI is InChI=1S/C19H17BrFN3O2S/c20-13-3-4-16(21)15(10-13)19(25)24-7-5-23(6-8-24)11-14-12-27-18(22-14)17-2-1-9-26-17/h1-4,9-10,12H,5-8,11H2. The van der Waals surface area contributed by atoms with Crippen LogP contribution in [0, 0.1) is 5.82 Å². The SMILES string of the molecule is O=C(c1cc(Br)ccc1F)N1CCN(Cc2csc(-c3ccco3)n2)CC1. The summed E-state index contributed by atoms with van der Waals surface area (Å²) < 4.78 is 20.0. The molecule has 1 amide bonds. The number of nitrogens with zero attached hydrogens (tertiary/aromatic N) is 3. The summed E-state index contributed by atoms with van der Waals surface area (Å²) in [4.78, 5) is 21.2. The molecule has 1 aromatic carbocycles. The highest BCUT2D eigenvalue weighted by molar-refractivity contribution is 9.10. The summed E-state index contributed by atoms with van der Waals surface area (Å²) in [6.45, 7) is 3.33. The van der Waals surface area contributed by atoms with Gasteiger partial charge in [0.25, 0.3) is 5.91 Å². The first-order valence-electron chi connectivity index (χ1n) is 8.55. The van der Waals surface area contributed by atoms with Crippen LogP contribution in [0.1, 0.15) is 16.1 Å². The number of amides is 1. The third-order valence-corrected chi connectivity index (χ3v) is 5.89. The Hall–Kier alpha value is -2.03. The summed E-state index contributed by atoms with van der Waals surface area (Å²) in [6, 6.07) is 8.19. The van der Waals surface area contributed by atoms with E-state index in [1.54, 1.807) is 28.6 Å². The van der Waals surface area contributed by atoms with Gasteiger partial charge in [-0.3, -0.25) is 9.69 Å². The van der Waals surface area contributed by atoms with E-state index in [4.69, 9.17) is 4.42 Å². The average molecular weight is 450 g/mol. The molecule has 0 saturated carbocycles. The zero-order chi connectivity index (χ0) is 18.8. The molecule has 3 heterocycles. The molecule has 1 fully saturated rings. The van der Waals surface area contributed by atoms with Crippen LogP contribution in [-0.2, 0) is 6.54 Å². The maximum absolute atomic E-state index is 14.0. The molecule has 0 atom stereocenters. The first-order chi connectivity index (χ1) is 13.1. The van der Waals surface area contributed by atoms with Gasteiger partial charge in [-0.05, 0) is 30.3 Å². The molecular formula is C19H17BrFN3O2S. The quantitative estimate of drug-likeness (QED) is 0.596. The lowest BCUT2D eigenvalue weighted by atomic mass is 10.1. The number of aromatic nitrogens is 1. The van der Waals surface area contributed by atoms with Gasteiger partial charge in [0.05, 0.1) is 17.5 Å². The Morgan fingerprint density at radius 2 is 2.07 bits per heavy atom. The van der Waals surface area contributed by atoms with Gasteiger partial charge in [-0.25, -0.2) is 9.37 Å². The number of carbonyl (C=O) groups excluding carboxylic acids is 1. The number of hydrogen-bond donors (Lipinski definition) is 0. The highest BCUT2D eigenvalue weighted by Crippen LogP contribution is 2.25. The molecule has 1 aliphatic heterocycles. The van der Waals surface area contributed by atoms with E-state index in [1.807, 2.05) is 17.5 Å². The van der Waals surface area contributed by atoms with Crippen molar-refractivity contribution in [1.82, 2.24) is 14.8 Å². The first-order valence-corrected chi connectivity index (χ1v) is 10.2. The van der Waals surface area contributed by atoms with E-state index in [-0.39, 0.29) is 11.5 Å². The van der Waals surface area contributed by atoms with Crippen LogP contribution in [0.5, 0.6) is 0 Å². The van der Waals surface area contributed by atoms with Gasteiger partial charge < -0.3 is 9.32 Å². The molecule has 0 bridgehead atoms. The lowest BCUT2D eigenvalue weighted by molar-refractivity contribution is 0.0622. The second kappa shape index (κ2) is 7.92. The fourth-order valence-electron chi connectivity index (χ4n) is 3.06. The minimum absolute atomic E-state index is 0.111. The van der Waals surface area contributed by atoms with Gasteiger partial charge in [-0.15, -0.1) is 11.3 Å². The minimum atomic E-state index is -0.487. The molecule has 0 N–H and O–H groups in total. The van der Waals surface area contributed by atoms with Gasteiger partial charge in [0.2, 0.25) is 0 Å². The van der Waals surface area contributed by atoms with Crippen molar-refractivity contribution in [2.24, 2.45) is 0 Å². The Balaban J connectivity index is 1.35. The molecule has 0 unspecified atom stereocenters. The number of thiazole rings is 1. The molecule has 8 heteroatoms. The van der Waals surface area contributed by atoms with Crippen LogP contribution < -0.4 is 0 Å². The topological polar surface area (TPSA) is 49.6 Å². The van der Waals surface area contributed by atoms with Crippen molar-refractivity contribution >= 4 is 33.2 Å². The van der Waals surface area contributed by atoms with Crippen LogP contribution in [-0.4, -0.2) is 46.9 Å². The summed E-state index contributed by atoms with van der Waals surface area (Å²) in [6.07, 6.45) is 1.64. The maximum atomic E-state index is 14.0. The van der Waals surface area contributed by atoms with E-state index in [1.165, 1.54) is 12.1 Å². The van der Waals surface area contributed by atoms with Crippen LogP contribution >= 0.6 is 27.3 Å². The van der Waals surface area contributed by atoms with Crippen molar-refractivity contribution in [3.8, 4) is 10.8 Å². The van der Waals surface area contributed by atoms with Gasteiger partial charge in [0.1, 0.15) is 5.82 Å². The van der Waals surface area contributed by atoms with Gasteiger partial charge in [-0.2, -0.15) is 0 Å². The van der Waals surface area contributed by atoms with E-state index >= 15 is 0 Å². The largest absolute Gasteiger partial charge is 0.462 e. The summed E-state index contributed by atoms with van der Waals surface area (Å²) >= 11 is 4.85. The molecule has 3 aromatic rings. The number of hydrogen-bond acceptors (Lipinski definition) is 5. The Bertz CT molecular complexity index is 936. The van der Waals surface area contributed by atoms with Crippen molar-refractivity contribution in [3.63, 3.8) is 0 Å². The first kappa shape index (κ1) is 18.3. The molecule has 140 valence electrons. The lowest BCUT2D eigenvalue weighted by Gasteiger charge is -2.34. The normalized spacial score (nSPS) is 15.3. The molecule has 1 aliphatic rings. The van der Waals surface area contributed by atoms with Crippen LogP contribution in [0.4, 0.5) is 4.39 Å². The zero-order valence-corrected chi connectivity index (χ0v) is 16.8. The number of piperazine rings is 1. The molecule has 1 saturated heterocycles. The molecule has 0 aliphatic carbocycles. The molecule has 5 nitrogen and oxygen atoms in total. The maximum Gasteiger partial charge on any atom is 0.256 e. The van der Waals surface area contributed by atoms with Crippen molar-refractivity contribution in [2.75, 3.05) is 26.2 Å². The molecular weight excluding hydrogens is 433 g/mol. The van der Waals surface area contributed by atoms with Gasteiger partial charge in [-0.1, -0.05) is 15.9 Å². The predicted octanol–water partition coefficient (Wildman–Crippen LogP) is 4.26. The van der Waals surface area contributed by atoms with Gasteiger partial charge >= 0.3 is 0 Å². The van der Waals surface area contributed by atoms with E-state index in [0.717, 1.165) is 36.1 Å². The monoisotopic (exact) mass is 449 g/mol. The highest BCUT2D eigenvalue weighted by Gasteiger charge is 2.24. The van der Waals surface area contributed by atoms with Crippen molar-refractivity contribution in [3.05, 3.63) is 63.5 Å². The van der Waals surface area contributed by atoms with Crippen molar-refractivity contribution < 1.29 is 13.6 Å². The van der Waals surface area contributed by atoms with E-state index in [9.17, 15) is 9.18 Å². The molecule has 0 radical (unpaired) electrons. The van der Waals surface area contributed by atoms with Crippen molar-refractivity contribution in [1.29, 1.82) is 0 Å². The fourth-order valence-corrected chi connectivity index (χ4v) is 4.20. The van der Waals surface area contributed by atoms with Crippen LogP contribution in [0.25, 0.3) is 10.8 Å². The van der Waals surface area contributed by atoms with Crippen LogP contribution in [0.3, 0.4) is 0 Å². The average Bonchev–Trinajstić information content (AvgIpc) is 3.35. The Labute approximate surface area is 168 Å². The van der Waals surface area contributed by atoms with Crippen LogP contribution in [0.2, 0.25) is 0 Å². The second-order valence-electron chi connectivity index (χ2n) is 6.31. The molecule has 0 spiro atoms. The third kappa shape index (κ3) is 4.12.